The zero-order chi connectivity index (χ0) is 14.9. The van der Waals surface area contributed by atoms with E-state index in [2.05, 4.69) is 5.32 Å². The first-order chi connectivity index (χ1) is 9.30. The number of ether oxygens (including phenoxy) is 1. The molecule has 1 atom stereocenters. The number of furan rings is 1. The van der Waals surface area contributed by atoms with Crippen LogP contribution in [-0.2, 0) is 14.8 Å². The van der Waals surface area contributed by atoms with Gasteiger partial charge in [-0.2, -0.15) is 0 Å². The molecule has 1 aromatic heterocycles. The summed E-state index contributed by atoms with van der Waals surface area (Å²) in [5.74, 6) is -0.164. The van der Waals surface area contributed by atoms with Gasteiger partial charge in [-0.1, -0.05) is 0 Å². The van der Waals surface area contributed by atoms with E-state index in [0.29, 0.717) is 13.2 Å². The van der Waals surface area contributed by atoms with E-state index >= 15 is 0 Å². The predicted octanol–water partition coefficient (Wildman–Crippen LogP) is 0.453. The molecule has 3 N–H and O–H groups in total. The second kappa shape index (κ2) is 5.55. The molecule has 20 heavy (non-hydrogen) atoms. The molecule has 0 saturated carbocycles. The van der Waals surface area contributed by atoms with Crippen molar-refractivity contribution in [1.82, 2.24) is 5.32 Å². The van der Waals surface area contributed by atoms with Crippen molar-refractivity contribution in [1.29, 1.82) is 0 Å². The first-order valence-corrected chi connectivity index (χ1v) is 7.88. The highest BCUT2D eigenvalue weighted by molar-refractivity contribution is 7.89. The molecular formula is C12H18N2O5S. The van der Waals surface area contributed by atoms with Gasteiger partial charge in [-0.05, 0) is 26.7 Å². The number of primary sulfonamides is 1. The lowest BCUT2D eigenvalue weighted by atomic mass is 10.2. The summed E-state index contributed by atoms with van der Waals surface area (Å²) < 4.78 is 33.7. The topological polar surface area (TPSA) is 112 Å². The van der Waals surface area contributed by atoms with Gasteiger partial charge < -0.3 is 14.5 Å². The fraction of sp³-hybridized carbons (Fsp3) is 0.583. The van der Waals surface area contributed by atoms with Crippen molar-refractivity contribution >= 4 is 15.9 Å². The molecular weight excluding hydrogens is 284 g/mol. The Morgan fingerprint density at radius 2 is 2.10 bits per heavy atom. The maximum atomic E-state index is 12.2. The minimum atomic E-state index is -4.01. The molecule has 0 aromatic carbocycles. The SMILES string of the molecule is Cc1oc(C)c(S(N)(=O)=O)c1C(=O)NC[C@H]1CCCO1. The average Bonchev–Trinajstić information content (AvgIpc) is 2.92. The normalized spacial score (nSPS) is 19.2. The molecule has 1 fully saturated rings. The molecule has 7 nitrogen and oxygen atoms in total. The molecule has 0 spiro atoms. The molecule has 2 heterocycles. The van der Waals surface area contributed by atoms with Crippen LogP contribution in [0.5, 0.6) is 0 Å². The van der Waals surface area contributed by atoms with Gasteiger partial charge in [-0.3, -0.25) is 4.79 Å². The van der Waals surface area contributed by atoms with E-state index in [1.807, 2.05) is 0 Å². The van der Waals surface area contributed by atoms with Crippen LogP contribution in [0.4, 0.5) is 0 Å². The van der Waals surface area contributed by atoms with Gasteiger partial charge in [0.15, 0.2) is 0 Å². The second-order valence-electron chi connectivity index (χ2n) is 4.81. The van der Waals surface area contributed by atoms with E-state index in [4.69, 9.17) is 14.3 Å². The summed E-state index contributed by atoms with van der Waals surface area (Å²) in [5.41, 5.74) is -0.0250. The predicted molar refractivity (Wildman–Crippen MR) is 70.9 cm³/mol. The van der Waals surface area contributed by atoms with Crippen LogP contribution in [0.25, 0.3) is 0 Å². The maximum absolute atomic E-state index is 12.2. The smallest absolute Gasteiger partial charge is 0.256 e. The number of rotatable bonds is 4. The van der Waals surface area contributed by atoms with Crippen LogP contribution in [-0.4, -0.2) is 33.6 Å². The lowest BCUT2D eigenvalue weighted by Gasteiger charge is -2.11. The van der Waals surface area contributed by atoms with Gasteiger partial charge in [0.05, 0.1) is 6.10 Å². The summed E-state index contributed by atoms with van der Waals surface area (Å²) in [6.07, 6.45) is 1.82. The van der Waals surface area contributed by atoms with Crippen molar-refractivity contribution in [2.24, 2.45) is 5.14 Å². The Morgan fingerprint density at radius 3 is 2.65 bits per heavy atom. The minimum Gasteiger partial charge on any atom is -0.464 e. The van der Waals surface area contributed by atoms with Crippen molar-refractivity contribution < 1.29 is 22.4 Å². The number of nitrogens with one attached hydrogen (secondary N) is 1. The van der Waals surface area contributed by atoms with Crippen molar-refractivity contribution in [2.45, 2.75) is 37.7 Å². The van der Waals surface area contributed by atoms with E-state index in [0.717, 1.165) is 12.8 Å². The fourth-order valence-corrected chi connectivity index (χ4v) is 3.33. The first kappa shape index (κ1) is 15.0. The Bertz CT molecular complexity index is 614. The molecule has 8 heteroatoms. The standard InChI is InChI=1S/C12H18N2O5S/c1-7-10(11(8(2)19-7)20(13,16)17)12(15)14-6-9-4-3-5-18-9/h9H,3-6H2,1-2H3,(H,14,15)(H2,13,16,17)/t9-/m1/s1. The van der Waals surface area contributed by atoms with Gasteiger partial charge in [0.2, 0.25) is 10.0 Å². The highest BCUT2D eigenvalue weighted by Crippen LogP contribution is 2.25. The molecule has 0 radical (unpaired) electrons. The second-order valence-corrected chi connectivity index (χ2v) is 6.31. The Hall–Kier alpha value is -1.38. The van der Waals surface area contributed by atoms with E-state index < -0.39 is 15.9 Å². The number of carbonyl (C=O) groups excluding carboxylic acids is 1. The first-order valence-electron chi connectivity index (χ1n) is 6.33. The van der Waals surface area contributed by atoms with Crippen LogP contribution in [0.2, 0.25) is 0 Å². The van der Waals surface area contributed by atoms with Gasteiger partial charge >= 0.3 is 0 Å². The summed E-state index contributed by atoms with van der Waals surface area (Å²) in [7, 11) is -4.01. The zero-order valence-electron chi connectivity index (χ0n) is 11.4. The summed E-state index contributed by atoms with van der Waals surface area (Å²) >= 11 is 0. The van der Waals surface area contributed by atoms with Gasteiger partial charge in [-0.25, -0.2) is 13.6 Å². The Kier molecular flexibility index (Phi) is 4.17. The van der Waals surface area contributed by atoms with Crippen molar-refractivity contribution in [3.63, 3.8) is 0 Å². The van der Waals surface area contributed by atoms with Gasteiger partial charge in [-0.15, -0.1) is 0 Å². The summed E-state index contributed by atoms with van der Waals surface area (Å²) in [4.78, 5) is 11.9. The highest BCUT2D eigenvalue weighted by Gasteiger charge is 2.29. The Morgan fingerprint density at radius 1 is 1.40 bits per heavy atom. The number of nitrogens with two attached hydrogens (primary N) is 1. The molecule has 2 rings (SSSR count). The van der Waals surface area contributed by atoms with Crippen LogP contribution in [0.15, 0.2) is 9.31 Å². The summed E-state index contributed by atoms with van der Waals surface area (Å²) in [6.45, 7) is 4.02. The molecule has 1 amide bonds. The van der Waals surface area contributed by atoms with Crippen LogP contribution < -0.4 is 10.5 Å². The molecule has 0 bridgehead atoms. The third-order valence-corrected chi connectivity index (χ3v) is 4.29. The highest BCUT2D eigenvalue weighted by atomic mass is 32.2. The van der Waals surface area contributed by atoms with Crippen LogP contribution >= 0.6 is 0 Å². The quantitative estimate of drug-likeness (QED) is 0.839. The van der Waals surface area contributed by atoms with E-state index in [1.165, 1.54) is 13.8 Å². The van der Waals surface area contributed by atoms with Gasteiger partial charge in [0.25, 0.3) is 5.91 Å². The fourth-order valence-electron chi connectivity index (χ4n) is 2.37. The number of sulfonamides is 1. The average molecular weight is 302 g/mol. The summed E-state index contributed by atoms with van der Waals surface area (Å²) in [6, 6.07) is 0. The number of carbonyl (C=O) groups is 1. The van der Waals surface area contributed by atoms with Crippen molar-refractivity contribution in [3.8, 4) is 0 Å². The molecule has 1 aliphatic heterocycles. The molecule has 0 unspecified atom stereocenters. The van der Waals surface area contributed by atoms with Crippen molar-refractivity contribution in [2.75, 3.05) is 13.2 Å². The van der Waals surface area contributed by atoms with Gasteiger partial charge in [0.1, 0.15) is 22.0 Å². The third kappa shape index (κ3) is 3.02. The number of aryl methyl sites for hydroxylation is 2. The maximum Gasteiger partial charge on any atom is 0.256 e. The van der Waals surface area contributed by atoms with E-state index in [1.54, 1.807) is 0 Å². The molecule has 1 saturated heterocycles. The Labute approximate surface area is 117 Å². The molecule has 112 valence electrons. The number of hydrogen-bond donors (Lipinski definition) is 2. The van der Waals surface area contributed by atoms with Gasteiger partial charge in [0, 0.05) is 13.2 Å². The Balaban J connectivity index is 2.21. The van der Waals surface area contributed by atoms with Crippen LogP contribution in [0, 0.1) is 13.8 Å². The summed E-state index contributed by atoms with van der Waals surface area (Å²) in [5, 5.41) is 7.80. The molecule has 1 aliphatic rings. The minimum absolute atomic E-state index is 0.0230. The largest absolute Gasteiger partial charge is 0.464 e. The van der Waals surface area contributed by atoms with E-state index in [-0.39, 0.29) is 28.1 Å². The zero-order valence-corrected chi connectivity index (χ0v) is 12.2. The number of hydrogen-bond acceptors (Lipinski definition) is 5. The van der Waals surface area contributed by atoms with E-state index in [9.17, 15) is 13.2 Å². The number of amides is 1. The van der Waals surface area contributed by atoms with Crippen LogP contribution in [0.1, 0.15) is 34.7 Å². The lowest BCUT2D eigenvalue weighted by Crippen LogP contribution is -2.33. The van der Waals surface area contributed by atoms with Crippen molar-refractivity contribution in [3.05, 3.63) is 17.1 Å². The van der Waals surface area contributed by atoms with Crippen LogP contribution in [0.3, 0.4) is 0 Å². The lowest BCUT2D eigenvalue weighted by molar-refractivity contribution is 0.0854. The molecule has 0 aliphatic carbocycles. The molecule has 1 aromatic rings. The monoisotopic (exact) mass is 302 g/mol. The third-order valence-electron chi connectivity index (χ3n) is 3.23.